The van der Waals surface area contributed by atoms with Crippen LogP contribution in [0.3, 0.4) is 0 Å². The molecule has 3 rings (SSSR count). The van der Waals surface area contributed by atoms with Crippen molar-refractivity contribution in [3.63, 3.8) is 0 Å². The maximum Gasteiger partial charge on any atom is 0.416 e. The maximum absolute atomic E-state index is 14.0. The molecule has 0 spiro atoms. The summed E-state index contributed by atoms with van der Waals surface area (Å²) in [6.45, 7) is 3.39. The summed E-state index contributed by atoms with van der Waals surface area (Å²) in [7, 11) is -4.00. The number of sulfonamides is 1. The SMILES string of the molecule is CC[C@H](C)NC(=O)[C@H](Cc1ccccc1)N(Cc1c(Cl)cccc1Cl)C(=O)CCCN(c1cccc(C(F)(F)F)c1)S(C)(=O)=O. The first-order valence-corrected chi connectivity index (χ1v) is 16.9. The summed E-state index contributed by atoms with van der Waals surface area (Å²) in [5.74, 6) is -0.866. The first-order valence-electron chi connectivity index (χ1n) is 14.3. The van der Waals surface area contributed by atoms with E-state index in [4.69, 9.17) is 23.2 Å². The topological polar surface area (TPSA) is 86.8 Å². The van der Waals surface area contributed by atoms with Crippen LogP contribution in [0.25, 0.3) is 0 Å². The van der Waals surface area contributed by atoms with Crippen LogP contribution >= 0.6 is 23.2 Å². The lowest BCUT2D eigenvalue weighted by Crippen LogP contribution is -2.52. The minimum atomic E-state index is -4.67. The fourth-order valence-corrected chi connectivity index (χ4v) is 6.16. The van der Waals surface area contributed by atoms with Crippen molar-refractivity contribution in [1.82, 2.24) is 10.2 Å². The fourth-order valence-electron chi connectivity index (χ4n) is 4.69. The largest absolute Gasteiger partial charge is 0.416 e. The molecule has 0 saturated carbocycles. The van der Waals surface area contributed by atoms with Crippen molar-refractivity contribution in [3.05, 3.63) is 99.5 Å². The highest BCUT2D eigenvalue weighted by Crippen LogP contribution is 2.32. The number of amides is 2. The smallest absolute Gasteiger partial charge is 0.352 e. The minimum Gasteiger partial charge on any atom is -0.352 e. The number of anilines is 1. The molecule has 0 saturated heterocycles. The lowest BCUT2D eigenvalue weighted by molar-refractivity contribution is -0.141. The average Bonchev–Trinajstić information content (AvgIpc) is 2.97. The molecule has 0 fully saturated rings. The van der Waals surface area contributed by atoms with Crippen LogP contribution in [0.15, 0.2) is 72.8 Å². The Balaban J connectivity index is 1.95. The van der Waals surface area contributed by atoms with Crippen molar-refractivity contribution >= 4 is 50.7 Å². The summed E-state index contributed by atoms with van der Waals surface area (Å²) in [5, 5.41) is 3.55. The average molecular weight is 687 g/mol. The Morgan fingerprint density at radius 2 is 1.58 bits per heavy atom. The van der Waals surface area contributed by atoms with Crippen LogP contribution in [-0.4, -0.2) is 50.0 Å². The van der Waals surface area contributed by atoms with E-state index in [0.717, 1.165) is 34.3 Å². The Labute approximate surface area is 272 Å². The molecule has 2 atom stereocenters. The number of nitrogens with zero attached hydrogens (tertiary/aromatic N) is 2. The third-order valence-corrected chi connectivity index (χ3v) is 9.18. The van der Waals surface area contributed by atoms with Gasteiger partial charge < -0.3 is 10.2 Å². The molecule has 2 amide bonds. The molecule has 7 nitrogen and oxygen atoms in total. The van der Waals surface area contributed by atoms with Gasteiger partial charge in [0.2, 0.25) is 21.8 Å². The van der Waals surface area contributed by atoms with E-state index >= 15 is 0 Å². The Kier molecular flexibility index (Phi) is 12.7. The number of rotatable bonds is 14. The van der Waals surface area contributed by atoms with Gasteiger partial charge in [-0.1, -0.05) is 72.6 Å². The number of benzene rings is 3. The molecule has 0 unspecified atom stereocenters. The fraction of sp³-hybridized carbons (Fsp3) is 0.375. The van der Waals surface area contributed by atoms with E-state index in [1.807, 2.05) is 44.2 Å². The van der Waals surface area contributed by atoms with Gasteiger partial charge in [0.1, 0.15) is 6.04 Å². The van der Waals surface area contributed by atoms with Crippen LogP contribution in [-0.2, 0) is 38.8 Å². The number of alkyl halides is 3. The van der Waals surface area contributed by atoms with Gasteiger partial charge in [-0.15, -0.1) is 0 Å². The van der Waals surface area contributed by atoms with E-state index in [0.29, 0.717) is 22.0 Å². The van der Waals surface area contributed by atoms with Crippen molar-refractivity contribution in [2.24, 2.45) is 0 Å². The molecule has 0 radical (unpaired) electrons. The van der Waals surface area contributed by atoms with Gasteiger partial charge in [-0.25, -0.2) is 8.42 Å². The number of carbonyl (C=O) groups excluding carboxylic acids is 2. The van der Waals surface area contributed by atoms with E-state index in [9.17, 15) is 31.2 Å². The van der Waals surface area contributed by atoms with Crippen molar-refractivity contribution in [2.45, 2.75) is 64.3 Å². The summed E-state index contributed by atoms with van der Waals surface area (Å²) in [4.78, 5) is 29.0. The molecule has 45 heavy (non-hydrogen) atoms. The molecular weight excluding hydrogens is 650 g/mol. The Morgan fingerprint density at radius 1 is 0.956 bits per heavy atom. The quantitative estimate of drug-likeness (QED) is 0.196. The second kappa shape index (κ2) is 15.8. The highest BCUT2D eigenvalue weighted by molar-refractivity contribution is 7.92. The third kappa shape index (κ3) is 10.4. The van der Waals surface area contributed by atoms with Gasteiger partial charge in [-0.3, -0.25) is 13.9 Å². The number of carbonyl (C=O) groups is 2. The number of nitrogens with one attached hydrogen (secondary N) is 1. The first kappa shape index (κ1) is 36.2. The Morgan fingerprint density at radius 3 is 2.16 bits per heavy atom. The van der Waals surface area contributed by atoms with Crippen molar-refractivity contribution in [3.8, 4) is 0 Å². The molecule has 3 aromatic carbocycles. The Bertz CT molecular complexity index is 1550. The lowest BCUT2D eigenvalue weighted by atomic mass is 10.0. The van der Waals surface area contributed by atoms with Crippen LogP contribution in [0.4, 0.5) is 18.9 Å². The van der Waals surface area contributed by atoms with Gasteiger partial charge in [-0.2, -0.15) is 13.2 Å². The summed E-state index contributed by atoms with van der Waals surface area (Å²) in [6, 6.07) is 16.9. The summed E-state index contributed by atoms with van der Waals surface area (Å²) >= 11 is 12.9. The second-order valence-electron chi connectivity index (χ2n) is 10.7. The van der Waals surface area contributed by atoms with E-state index in [1.54, 1.807) is 18.2 Å². The zero-order valence-corrected chi connectivity index (χ0v) is 27.5. The number of hydrogen-bond donors (Lipinski definition) is 1. The predicted octanol–water partition coefficient (Wildman–Crippen LogP) is 7.11. The summed E-state index contributed by atoms with van der Waals surface area (Å²) < 4.78 is 66.1. The van der Waals surface area contributed by atoms with E-state index in [1.165, 1.54) is 11.0 Å². The van der Waals surface area contributed by atoms with Gasteiger partial charge >= 0.3 is 6.18 Å². The van der Waals surface area contributed by atoms with Gasteiger partial charge in [0, 0.05) is 47.6 Å². The molecular formula is C32H36Cl2F3N3O4S. The van der Waals surface area contributed by atoms with Crippen LogP contribution in [0.5, 0.6) is 0 Å². The highest BCUT2D eigenvalue weighted by atomic mass is 35.5. The van der Waals surface area contributed by atoms with Crippen molar-refractivity contribution in [1.29, 1.82) is 0 Å². The first-order chi connectivity index (χ1) is 21.1. The zero-order chi connectivity index (χ0) is 33.4. The highest BCUT2D eigenvalue weighted by Gasteiger charge is 2.33. The van der Waals surface area contributed by atoms with Gasteiger partial charge in [0.25, 0.3) is 0 Å². The van der Waals surface area contributed by atoms with Gasteiger partial charge in [-0.05, 0) is 55.7 Å². The third-order valence-electron chi connectivity index (χ3n) is 7.28. The molecule has 0 aromatic heterocycles. The minimum absolute atomic E-state index is 0.0417. The van der Waals surface area contributed by atoms with Crippen molar-refractivity contribution < 1.29 is 31.2 Å². The Hall–Kier alpha value is -3.28. The molecule has 0 aliphatic rings. The van der Waals surface area contributed by atoms with E-state index in [-0.39, 0.29) is 50.0 Å². The molecule has 3 aromatic rings. The van der Waals surface area contributed by atoms with Crippen LogP contribution in [0, 0.1) is 0 Å². The molecule has 0 heterocycles. The monoisotopic (exact) mass is 685 g/mol. The molecule has 0 aliphatic carbocycles. The number of halogens is 5. The van der Waals surface area contributed by atoms with Gasteiger partial charge in [0.15, 0.2) is 0 Å². The normalized spacial score (nSPS) is 13.2. The number of hydrogen-bond acceptors (Lipinski definition) is 4. The standard InChI is InChI=1S/C32H36Cl2F3N3O4S/c1-4-22(2)38-31(42)29(19-23-11-6-5-7-12-23)39(21-26-27(33)15-9-16-28(26)34)30(41)17-10-18-40(45(3,43)44)25-14-8-13-24(20-25)32(35,36)37/h5-9,11-16,20,22,29H,4,10,17-19,21H2,1-3H3,(H,38,42)/t22-,29-/m0/s1. The zero-order valence-electron chi connectivity index (χ0n) is 25.2. The lowest BCUT2D eigenvalue weighted by Gasteiger charge is -2.33. The van der Waals surface area contributed by atoms with E-state index in [2.05, 4.69) is 5.32 Å². The van der Waals surface area contributed by atoms with Crippen molar-refractivity contribution in [2.75, 3.05) is 17.1 Å². The molecule has 0 aliphatic heterocycles. The molecule has 244 valence electrons. The van der Waals surface area contributed by atoms with Crippen LogP contribution in [0.2, 0.25) is 10.0 Å². The van der Waals surface area contributed by atoms with Gasteiger partial charge in [0.05, 0.1) is 17.5 Å². The molecule has 0 bridgehead atoms. The summed E-state index contributed by atoms with van der Waals surface area (Å²) in [6.07, 6.45) is -3.20. The van der Waals surface area contributed by atoms with Crippen LogP contribution < -0.4 is 9.62 Å². The predicted molar refractivity (Wildman–Crippen MR) is 172 cm³/mol. The maximum atomic E-state index is 14.0. The second-order valence-corrected chi connectivity index (χ2v) is 13.5. The van der Waals surface area contributed by atoms with Crippen LogP contribution in [0.1, 0.15) is 49.8 Å². The molecule has 13 heteroatoms. The molecule has 1 N–H and O–H groups in total. The summed E-state index contributed by atoms with van der Waals surface area (Å²) in [5.41, 5.74) is 0.0703. The van der Waals surface area contributed by atoms with E-state index < -0.39 is 33.7 Å².